The molecule has 21 heavy (non-hydrogen) atoms. The van der Waals surface area contributed by atoms with Gasteiger partial charge in [-0.2, -0.15) is 0 Å². The van der Waals surface area contributed by atoms with Crippen LogP contribution >= 0.6 is 0 Å². The van der Waals surface area contributed by atoms with Crippen LogP contribution in [0.15, 0.2) is 12.1 Å². The van der Waals surface area contributed by atoms with Crippen molar-refractivity contribution in [2.75, 3.05) is 6.54 Å². The molecule has 1 aromatic rings. The first-order chi connectivity index (χ1) is 10.1. The minimum atomic E-state index is -0.452. The van der Waals surface area contributed by atoms with E-state index in [1.807, 2.05) is 6.92 Å². The van der Waals surface area contributed by atoms with E-state index in [1.165, 1.54) is 25.7 Å². The van der Waals surface area contributed by atoms with Crippen molar-refractivity contribution >= 4 is 0 Å². The predicted octanol–water partition coefficient (Wildman–Crippen LogP) is 4.75. The summed E-state index contributed by atoms with van der Waals surface area (Å²) >= 11 is 0. The molecule has 0 saturated heterocycles. The van der Waals surface area contributed by atoms with Crippen molar-refractivity contribution in [3.05, 3.63) is 34.9 Å². The smallest absolute Gasteiger partial charge is 0.130 e. The number of halogens is 2. The maximum absolute atomic E-state index is 14.2. The zero-order valence-corrected chi connectivity index (χ0v) is 13.0. The van der Waals surface area contributed by atoms with Crippen molar-refractivity contribution in [3.63, 3.8) is 0 Å². The third-order valence-corrected chi connectivity index (χ3v) is 5.53. The zero-order chi connectivity index (χ0) is 15.0. The van der Waals surface area contributed by atoms with E-state index in [2.05, 4.69) is 5.32 Å². The van der Waals surface area contributed by atoms with Crippen LogP contribution in [0.25, 0.3) is 0 Å². The van der Waals surface area contributed by atoms with Gasteiger partial charge in [0.1, 0.15) is 11.6 Å². The maximum atomic E-state index is 14.2. The number of benzene rings is 1. The van der Waals surface area contributed by atoms with Gasteiger partial charge in [-0.25, -0.2) is 8.78 Å². The molecule has 4 atom stereocenters. The fraction of sp³-hybridized carbons (Fsp3) is 0.667. The van der Waals surface area contributed by atoms with Crippen LogP contribution in [-0.2, 0) is 0 Å². The highest BCUT2D eigenvalue weighted by Crippen LogP contribution is 2.51. The lowest BCUT2D eigenvalue weighted by Crippen LogP contribution is -2.26. The summed E-state index contributed by atoms with van der Waals surface area (Å²) in [5, 5.41) is 3.41. The molecule has 2 fully saturated rings. The highest BCUT2D eigenvalue weighted by molar-refractivity contribution is 5.28. The first-order valence-corrected chi connectivity index (χ1v) is 8.27. The molecular formula is C18H25F2N. The van der Waals surface area contributed by atoms with Gasteiger partial charge >= 0.3 is 0 Å². The van der Waals surface area contributed by atoms with Gasteiger partial charge in [0.2, 0.25) is 0 Å². The minimum Gasteiger partial charge on any atom is -0.310 e. The summed E-state index contributed by atoms with van der Waals surface area (Å²) in [6.07, 6.45) is 6.38. The molecule has 0 amide bonds. The van der Waals surface area contributed by atoms with Crippen molar-refractivity contribution in [3.8, 4) is 0 Å². The quantitative estimate of drug-likeness (QED) is 0.826. The van der Waals surface area contributed by atoms with Crippen molar-refractivity contribution in [1.29, 1.82) is 0 Å². The minimum absolute atomic E-state index is 0.0126. The van der Waals surface area contributed by atoms with Gasteiger partial charge in [0, 0.05) is 17.7 Å². The van der Waals surface area contributed by atoms with Crippen LogP contribution in [0.3, 0.4) is 0 Å². The van der Waals surface area contributed by atoms with Gasteiger partial charge in [-0.3, -0.25) is 0 Å². The van der Waals surface area contributed by atoms with E-state index in [0.29, 0.717) is 17.0 Å². The molecule has 2 aliphatic rings. The van der Waals surface area contributed by atoms with Gasteiger partial charge in [-0.05, 0) is 68.5 Å². The first-order valence-electron chi connectivity index (χ1n) is 8.27. The Balaban J connectivity index is 1.79. The molecule has 1 nitrogen and oxygen atoms in total. The molecule has 1 N–H and O–H groups in total. The number of aryl methyl sites for hydroxylation is 1. The summed E-state index contributed by atoms with van der Waals surface area (Å²) in [5.41, 5.74) is 1.17. The molecule has 0 radical (unpaired) electrons. The molecule has 0 aliphatic heterocycles. The topological polar surface area (TPSA) is 12.0 Å². The number of hydrogen-bond acceptors (Lipinski definition) is 1. The fourth-order valence-electron chi connectivity index (χ4n) is 4.48. The molecule has 0 heterocycles. The molecule has 2 bridgehead atoms. The summed E-state index contributed by atoms with van der Waals surface area (Å²) in [5.74, 6) is 1.58. The summed E-state index contributed by atoms with van der Waals surface area (Å²) in [6, 6.07) is 2.74. The SMILES string of the molecule is CCNC(CC1CC2CCC1C2)c1cc(C)c(F)cc1F. The highest BCUT2D eigenvalue weighted by Gasteiger charge is 2.40. The Morgan fingerprint density at radius 2 is 2.00 bits per heavy atom. The van der Waals surface area contributed by atoms with Crippen molar-refractivity contribution in [2.45, 2.75) is 52.0 Å². The predicted molar refractivity (Wildman–Crippen MR) is 81.1 cm³/mol. The summed E-state index contributed by atoms with van der Waals surface area (Å²) in [6.45, 7) is 4.56. The standard InChI is InChI=1S/C18H25F2N/c1-3-21-18(9-14-8-12-4-5-13(14)7-12)15-6-11(2)16(19)10-17(15)20/h6,10,12-14,18,21H,3-5,7-9H2,1-2H3. The Morgan fingerprint density at radius 3 is 2.62 bits per heavy atom. The molecule has 3 rings (SSSR count). The van der Waals surface area contributed by atoms with E-state index >= 15 is 0 Å². The van der Waals surface area contributed by atoms with Gasteiger partial charge in [-0.15, -0.1) is 0 Å². The second kappa shape index (κ2) is 6.04. The van der Waals surface area contributed by atoms with Gasteiger partial charge < -0.3 is 5.32 Å². The Morgan fingerprint density at radius 1 is 1.19 bits per heavy atom. The van der Waals surface area contributed by atoms with Crippen LogP contribution in [0.1, 0.15) is 56.2 Å². The number of hydrogen-bond donors (Lipinski definition) is 1. The molecule has 0 spiro atoms. The van der Waals surface area contributed by atoms with E-state index in [4.69, 9.17) is 0 Å². The Hall–Kier alpha value is -0.960. The molecule has 4 unspecified atom stereocenters. The third kappa shape index (κ3) is 2.98. The molecular weight excluding hydrogens is 268 g/mol. The lowest BCUT2D eigenvalue weighted by atomic mass is 9.82. The van der Waals surface area contributed by atoms with Gasteiger partial charge in [-0.1, -0.05) is 13.3 Å². The van der Waals surface area contributed by atoms with Crippen molar-refractivity contribution in [2.24, 2.45) is 17.8 Å². The third-order valence-electron chi connectivity index (χ3n) is 5.53. The highest BCUT2D eigenvalue weighted by atomic mass is 19.1. The van der Waals surface area contributed by atoms with Gasteiger partial charge in [0.05, 0.1) is 0 Å². The van der Waals surface area contributed by atoms with E-state index in [-0.39, 0.29) is 6.04 Å². The monoisotopic (exact) mass is 293 g/mol. The van der Waals surface area contributed by atoms with Gasteiger partial charge in [0.15, 0.2) is 0 Å². The normalized spacial score (nSPS) is 29.0. The molecule has 1 aromatic carbocycles. The van der Waals surface area contributed by atoms with Crippen molar-refractivity contribution < 1.29 is 8.78 Å². The molecule has 2 aliphatic carbocycles. The van der Waals surface area contributed by atoms with Crippen LogP contribution < -0.4 is 5.32 Å². The zero-order valence-electron chi connectivity index (χ0n) is 13.0. The lowest BCUT2D eigenvalue weighted by Gasteiger charge is -2.28. The number of fused-ring (bicyclic) bond motifs is 2. The van der Waals surface area contributed by atoms with Crippen LogP contribution in [0.4, 0.5) is 8.78 Å². The average Bonchev–Trinajstić information content (AvgIpc) is 3.05. The van der Waals surface area contributed by atoms with E-state index in [9.17, 15) is 8.78 Å². The summed E-state index contributed by atoms with van der Waals surface area (Å²) < 4.78 is 27.7. The Bertz CT molecular complexity index is 514. The second-order valence-electron chi connectivity index (χ2n) is 6.90. The molecule has 2 saturated carbocycles. The van der Waals surface area contributed by atoms with Gasteiger partial charge in [0.25, 0.3) is 0 Å². The maximum Gasteiger partial charge on any atom is 0.130 e. The summed E-state index contributed by atoms with van der Waals surface area (Å²) in [4.78, 5) is 0. The van der Waals surface area contributed by atoms with E-state index < -0.39 is 11.6 Å². The van der Waals surface area contributed by atoms with E-state index in [1.54, 1.807) is 13.0 Å². The molecule has 3 heteroatoms. The Kier molecular flexibility index (Phi) is 4.30. The lowest BCUT2D eigenvalue weighted by molar-refractivity contribution is 0.278. The number of rotatable bonds is 5. The van der Waals surface area contributed by atoms with E-state index in [0.717, 1.165) is 30.9 Å². The van der Waals surface area contributed by atoms with Crippen LogP contribution in [0.2, 0.25) is 0 Å². The average molecular weight is 293 g/mol. The number of nitrogens with one attached hydrogen (secondary N) is 1. The molecule has 116 valence electrons. The van der Waals surface area contributed by atoms with Crippen LogP contribution in [-0.4, -0.2) is 6.54 Å². The Labute approximate surface area is 126 Å². The first kappa shape index (κ1) is 15.0. The van der Waals surface area contributed by atoms with Crippen molar-refractivity contribution in [1.82, 2.24) is 5.32 Å². The largest absolute Gasteiger partial charge is 0.310 e. The summed E-state index contributed by atoms with van der Waals surface area (Å²) in [7, 11) is 0. The fourth-order valence-corrected chi connectivity index (χ4v) is 4.48. The molecule has 0 aromatic heterocycles. The van der Waals surface area contributed by atoms with Crippen LogP contribution in [0, 0.1) is 36.3 Å². The second-order valence-corrected chi connectivity index (χ2v) is 6.90. The van der Waals surface area contributed by atoms with Crippen LogP contribution in [0.5, 0.6) is 0 Å².